The molecule has 2 aromatic carbocycles. The van der Waals surface area contributed by atoms with Gasteiger partial charge in [0.15, 0.2) is 0 Å². The molecule has 0 spiro atoms. The maximum atomic E-state index is 12.5. The molecule has 1 aliphatic heterocycles. The van der Waals surface area contributed by atoms with E-state index in [4.69, 9.17) is 11.6 Å². The zero-order chi connectivity index (χ0) is 19.1. The third-order valence-corrected chi connectivity index (χ3v) is 7.44. The smallest absolute Gasteiger partial charge is 0.261 e. The van der Waals surface area contributed by atoms with Crippen molar-refractivity contribution in [3.63, 3.8) is 0 Å². The van der Waals surface area contributed by atoms with Crippen LogP contribution in [0.2, 0.25) is 5.02 Å². The number of amides is 1. The summed E-state index contributed by atoms with van der Waals surface area (Å²) >= 11 is 5.95. The van der Waals surface area contributed by atoms with Gasteiger partial charge in [0.25, 0.3) is 10.0 Å². The van der Waals surface area contributed by atoms with Gasteiger partial charge in [0.2, 0.25) is 15.9 Å². The van der Waals surface area contributed by atoms with Crippen molar-refractivity contribution in [3.05, 3.63) is 53.6 Å². The number of carbonyl (C=O) groups is 1. The van der Waals surface area contributed by atoms with Crippen molar-refractivity contribution in [2.75, 3.05) is 14.8 Å². The van der Waals surface area contributed by atoms with E-state index >= 15 is 0 Å². The summed E-state index contributed by atoms with van der Waals surface area (Å²) in [4.78, 5) is 12.0. The molecule has 7 nitrogen and oxygen atoms in total. The minimum Gasteiger partial charge on any atom is -0.278 e. The molecule has 0 radical (unpaired) electrons. The SMILES string of the molecule is CC1CS(=O)(=O)N(c2ccc(S(=O)(=O)Nc3ccccc3Cl)cc2)C1=O. The highest BCUT2D eigenvalue weighted by molar-refractivity contribution is 7.94. The Bertz CT molecular complexity index is 1070. The Balaban J connectivity index is 1.90. The molecule has 3 rings (SSSR count). The number of hydrogen-bond donors (Lipinski definition) is 1. The molecule has 1 heterocycles. The molecule has 1 fully saturated rings. The van der Waals surface area contributed by atoms with E-state index in [1.807, 2.05) is 0 Å². The van der Waals surface area contributed by atoms with Gasteiger partial charge in [-0.3, -0.25) is 9.52 Å². The van der Waals surface area contributed by atoms with E-state index in [0.29, 0.717) is 0 Å². The highest BCUT2D eigenvalue weighted by Crippen LogP contribution is 2.30. The summed E-state index contributed by atoms with van der Waals surface area (Å²) in [5.74, 6) is -1.43. The number of halogens is 1. The molecule has 1 unspecified atom stereocenters. The number of para-hydroxylation sites is 1. The van der Waals surface area contributed by atoms with Gasteiger partial charge < -0.3 is 0 Å². The maximum Gasteiger partial charge on any atom is 0.261 e. The summed E-state index contributed by atoms with van der Waals surface area (Å²) < 4.78 is 52.2. The van der Waals surface area contributed by atoms with Gasteiger partial charge in [-0.2, -0.15) is 0 Å². The Hall–Kier alpha value is -2.10. The summed E-state index contributed by atoms with van der Waals surface area (Å²) in [6.45, 7) is 1.53. The Morgan fingerprint density at radius 1 is 1.12 bits per heavy atom. The third-order valence-electron chi connectivity index (χ3n) is 3.86. The summed E-state index contributed by atoms with van der Waals surface area (Å²) in [6.07, 6.45) is 0. The number of benzene rings is 2. The van der Waals surface area contributed by atoms with Crippen molar-refractivity contribution in [1.29, 1.82) is 0 Å². The predicted molar refractivity (Wildman–Crippen MR) is 99.1 cm³/mol. The van der Waals surface area contributed by atoms with Crippen molar-refractivity contribution in [2.24, 2.45) is 5.92 Å². The van der Waals surface area contributed by atoms with Crippen LogP contribution in [0.1, 0.15) is 6.92 Å². The molecule has 138 valence electrons. The molecular weight excluding hydrogens is 400 g/mol. The van der Waals surface area contributed by atoms with Crippen LogP contribution in [0.3, 0.4) is 0 Å². The topological polar surface area (TPSA) is 101 Å². The normalized spacial score (nSPS) is 19.5. The molecule has 1 atom stereocenters. The molecule has 26 heavy (non-hydrogen) atoms. The van der Waals surface area contributed by atoms with Crippen LogP contribution < -0.4 is 9.03 Å². The lowest BCUT2D eigenvalue weighted by atomic mass is 10.2. The van der Waals surface area contributed by atoms with E-state index < -0.39 is 31.9 Å². The Labute approximate surface area is 156 Å². The van der Waals surface area contributed by atoms with E-state index in [9.17, 15) is 21.6 Å². The van der Waals surface area contributed by atoms with E-state index in [-0.39, 0.29) is 27.0 Å². The van der Waals surface area contributed by atoms with Gasteiger partial charge in [0.1, 0.15) is 0 Å². The molecule has 1 aliphatic rings. The molecule has 0 bridgehead atoms. The highest BCUT2D eigenvalue weighted by atomic mass is 35.5. The predicted octanol–water partition coefficient (Wildman–Crippen LogP) is 2.45. The van der Waals surface area contributed by atoms with Crippen molar-refractivity contribution < 1.29 is 21.6 Å². The number of anilines is 2. The largest absolute Gasteiger partial charge is 0.278 e. The molecule has 1 N–H and O–H groups in total. The van der Waals surface area contributed by atoms with Crippen molar-refractivity contribution in [2.45, 2.75) is 11.8 Å². The minimum atomic E-state index is -3.92. The minimum absolute atomic E-state index is 0.0849. The monoisotopic (exact) mass is 414 g/mol. The molecule has 1 amide bonds. The van der Waals surface area contributed by atoms with Gasteiger partial charge in [-0.05, 0) is 36.4 Å². The van der Waals surface area contributed by atoms with Gasteiger partial charge >= 0.3 is 0 Å². The van der Waals surface area contributed by atoms with E-state index in [1.54, 1.807) is 18.2 Å². The first-order valence-corrected chi connectivity index (χ1v) is 11.0. The number of nitrogens with zero attached hydrogens (tertiary/aromatic N) is 1. The van der Waals surface area contributed by atoms with Crippen LogP contribution in [-0.2, 0) is 24.8 Å². The van der Waals surface area contributed by atoms with Gasteiger partial charge in [-0.15, -0.1) is 0 Å². The fraction of sp³-hybridized carbons (Fsp3) is 0.188. The van der Waals surface area contributed by atoms with E-state index in [1.165, 1.54) is 37.3 Å². The van der Waals surface area contributed by atoms with Crippen LogP contribution in [0, 0.1) is 5.92 Å². The lowest BCUT2D eigenvalue weighted by Gasteiger charge is -2.16. The fourth-order valence-corrected chi connectivity index (χ4v) is 5.73. The van der Waals surface area contributed by atoms with Gasteiger partial charge in [-0.1, -0.05) is 30.7 Å². The van der Waals surface area contributed by atoms with Gasteiger partial charge in [0, 0.05) is 0 Å². The van der Waals surface area contributed by atoms with Crippen LogP contribution in [0.4, 0.5) is 11.4 Å². The number of nitrogens with one attached hydrogen (secondary N) is 1. The number of sulfonamides is 2. The summed E-state index contributed by atoms with van der Waals surface area (Å²) in [5, 5.41) is 0.246. The third kappa shape index (κ3) is 3.42. The van der Waals surface area contributed by atoms with Crippen LogP contribution in [0.5, 0.6) is 0 Å². The number of carbonyl (C=O) groups excluding carboxylic acids is 1. The molecule has 1 saturated heterocycles. The van der Waals surface area contributed by atoms with Crippen LogP contribution >= 0.6 is 11.6 Å². The molecule has 0 saturated carbocycles. The van der Waals surface area contributed by atoms with Crippen LogP contribution in [0.25, 0.3) is 0 Å². The standard InChI is InChI=1S/C16H15ClN2O5S2/c1-11-10-25(21,22)19(16(11)20)12-6-8-13(9-7-12)26(23,24)18-15-5-3-2-4-14(15)17/h2-9,11,18H,10H2,1H3. The first kappa shape index (κ1) is 18.7. The first-order chi connectivity index (χ1) is 12.1. The summed E-state index contributed by atoms with van der Waals surface area (Å²) in [5.41, 5.74) is 0.334. The molecule has 0 aliphatic carbocycles. The second-order valence-electron chi connectivity index (χ2n) is 5.86. The average Bonchev–Trinajstić information content (AvgIpc) is 2.77. The lowest BCUT2D eigenvalue weighted by Crippen LogP contribution is -2.30. The van der Waals surface area contributed by atoms with Gasteiger partial charge in [0.05, 0.1) is 33.0 Å². The Morgan fingerprint density at radius 3 is 2.27 bits per heavy atom. The van der Waals surface area contributed by atoms with Crippen molar-refractivity contribution in [1.82, 2.24) is 0 Å². The molecule has 2 aromatic rings. The second-order valence-corrected chi connectivity index (χ2v) is 9.81. The zero-order valence-electron chi connectivity index (χ0n) is 13.6. The maximum absolute atomic E-state index is 12.5. The van der Waals surface area contributed by atoms with E-state index in [0.717, 1.165) is 4.31 Å². The van der Waals surface area contributed by atoms with Gasteiger partial charge in [-0.25, -0.2) is 21.1 Å². The quantitative estimate of drug-likeness (QED) is 0.828. The van der Waals surface area contributed by atoms with E-state index in [2.05, 4.69) is 4.72 Å². The molecule has 10 heteroatoms. The zero-order valence-corrected chi connectivity index (χ0v) is 16.0. The fourth-order valence-electron chi connectivity index (χ4n) is 2.60. The summed E-state index contributed by atoms with van der Waals surface area (Å²) in [6, 6.07) is 11.4. The lowest BCUT2D eigenvalue weighted by molar-refractivity contribution is -0.119. The number of hydrogen-bond acceptors (Lipinski definition) is 5. The van der Waals surface area contributed by atoms with Crippen LogP contribution in [-0.4, -0.2) is 28.5 Å². The average molecular weight is 415 g/mol. The highest BCUT2D eigenvalue weighted by Gasteiger charge is 2.41. The van der Waals surface area contributed by atoms with Crippen molar-refractivity contribution >= 4 is 48.9 Å². The molecule has 0 aromatic heterocycles. The summed E-state index contributed by atoms with van der Waals surface area (Å²) in [7, 11) is -7.66. The van der Waals surface area contributed by atoms with Crippen LogP contribution in [0.15, 0.2) is 53.4 Å². The Morgan fingerprint density at radius 2 is 1.73 bits per heavy atom. The van der Waals surface area contributed by atoms with Crippen molar-refractivity contribution in [3.8, 4) is 0 Å². The first-order valence-electron chi connectivity index (χ1n) is 7.56. The Kier molecular flexibility index (Phi) is 4.72. The number of rotatable bonds is 4. The molecular formula is C16H15ClN2O5S2. The second kappa shape index (κ2) is 6.57.